The van der Waals surface area contributed by atoms with Crippen LogP contribution in [0.4, 0.5) is 0 Å². The average Bonchev–Trinajstić information content (AvgIpc) is 2.62. The lowest BCUT2D eigenvalue weighted by atomic mass is 10.3. The molecule has 2 rings (SSSR count). The predicted molar refractivity (Wildman–Crippen MR) is 67.1 cm³/mol. The Hall–Kier alpha value is -1.82. The summed E-state index contributed by atoms with van der Waals surface area (Å²) < 4.78 is 8.10. The van der Waals surface area contributed by atoms with Gasteiger partial charge in [0.15, 0.2) is 5.15 Å². The molecule has 0 unspecified atom stereocenters. The molecule has 6 nitrogen and oxygen atoms in total. The maximum Gasteiger partial charge on any atom is 0.297 e. The summed E-state index contributed by atoms with van der Waals surface area (Å²) in [5, 5.41) is 4.29. The Morgan fingerprint density at radius 2 is 2.22 bits per heavy atom. The first-order chi connectivity index (χ1) is 8.52. The van der Waals surface area contributed by atoms with E-state index in [0.29, 0.717) is 6.54 Å². The van der Waals surface area contributed by atoms with Crippen molar-refractivity contribution in [2.24, 2.45) is 7.05 Å². The maximum absolute atomic E-state index is 12.0. The number of aryl methyl sites for hydroxylation is 2. The SMILES string of the molecule is COc1c(Cl)ncn(Cc2cc(C)nn2C)c1=O. The molecule has 0 aliphatic rings. The molecule has 0 aliphatic carbocycles. The van der Waals surface area contributed by atoms with Crippen LogP contribution in [0, 0.1) is 6.92 Å². The fraction of sp³-hybridized carbons (Fsp3) is 0.364. The van der Waals surface area contributed by atoms with E-state index < -0.39 is 0 Å². The summed E-state index contributed by atoms with van der Waals surface area (Å²) in [5.41, 5.74) is 1.49. The third-order valence-corrected chi connectivity index (χ3v) is 2.86. The van der Waals surface area contributed by atoms with E-state index in [0.717, 1.165) is 11.4 Å². The summed E-state index contributed by atoms with van der Waals surface area (Å²) in [7, 11) is 3.22. The number of aromatic nitrogens is 4. The van der Waals surface area contributed by atoms with E-state index in [-0.39, 0.29) is 16.5 Å². The highest BCUT2D eigenvalue weighted by molar-refractivity contribution is 6.30. The molecule has 0 radical (unpaired) electrons. The van der Waals surface area contributed by atoms with Gasteiger partial charge in [0.25, 0.3) is 5.56 Å². The molecule has 2 aromatic rings. The van der Waals surface area contributed by atoms with Gasteiger partial charge in [-0.25, -0.2) is 4.98 Å². The first-order valence-electron chi connectivity index (χ1n) is 5.31. The molecule has 0 N–H and O–H groups in total. The van der Waals surface area contributed by atoms with Gasteiger partial charge in [-0.05, 0) is 13.0 Å². The van der Waals surface area contributed by atoms with Gasteiger partial charge in [0, 0.05) is 7.05 Å². The Bertz CT molecular complexity index is 632. The minimum Gasteiger partial charge on any atom is -0.489 e. The molecule has 0 spiro atoms. The summed E-state index contributed by atoms with van der Waals surface area (Å²) in [6.07, 6.45) is 1.40. The van der Waals surface area contributed by atoms with Crippen LogP contribution in [0.3, 0.4) is 0 Å². The van der Waals surface area contributed by atoms with Gasteiger partial charge in [-0.2, -0.15) is 5.10 Å². The molecule has 0 atom stereocenters. The van der Waals surface area contributed by atoms with E-state index in [4.69, 9.17) is 16.3 Å². The number of nitrogens with zero attached hydrogens (tertiary/aromatic N) is 4. The Labute approximate surface area is 109 Å². The molecule has 0 bridgehead atoms. The van der Waals surface area contributed by atoms with Crippen molar-refractivity contribution in [2.75, 3.05) is 7.11 Å². The minimum atomic E-state index is -0.309. The van der Waals surface area contributed by atoms with Crippen molar-refractivity contribution < 1.29 is 4.74 Å². The fourth-order valence-electron chi connectivity index (χ4n) is 1.72. The van der Waals surface area contributed by atoms with Crippen LogP contribution in [0.1, 0.15) is 11.4 Å². The molecular formula is C11H13ClN4O2. The Morgan fingerprint density at radius 3 is 2.78 bits per heavy atom. The van der Waals surface area contributed by atoms with Crippen molar-refractivity contribution in [2.45, 2.75) is 13.5 Å². The zero-order valence-electron chi connectivity index (χ0n) is 10.3. The van der Waals surface area contributed by atoms with Crippen LogP contribution in [-0.4, -0.2) is 26.4 Å². The topological polar surface area (TPSA) is 61.9 Å². The summed E-state index contributed by atoms with van der Waals surface area (Å²) in [5.74, 6) is 0.0538. The maximum atomic E-state index is 12.0. The lowest BCUT2D eigenvalue weighted by Crippen LogP contribution is -2.23. The van der Waals surface area contributed by atoms with Gasteiger partial charge in [0.1, 0.15) is 0 Å². The number of ether oxygens (including phenoxy) is 1. The van der Waals surface area contributed by atoms with Crippen molar-refractivity contribution >= 4 is 11.6 Å². The highest BCUT2D eigenvalue weighted by Crippen LogP contribution is 2.15. The van der Waals surface area contributed by atoms with E-state index in [1.54, 1.807) is 4.68 Å². The lowest BCUT2D eigenvalue weighted by molar-refractivity contribution is 0.400. The molecule has 0 fully saturated rings. The van der Waals surface area contributed by atoms with Crippen LogP contribution in [0.15, 0.2) is 17.2 Å². The Balaban J connectivity index is 2.41. The third kappa shape index (κ3) is 2.24. The second-order valence-corrected chi connectivity index (χ2v) is 4.26. The van der Waals surface area contributed by atoms with E-state index in [1.807, 2.05) is 20.0 Å². The molecule has 0 saturated carbocycles. The number of hydrogen-bond donors (Lipinski definition) is 0. The van der Waals surface area contributed by atoms with E-state index in [1.165, 1.54) is 18.0 Å². The molecule has 7 heteroatoms. The van der Waals surface area contributed by atoms with Crippen LogP contribution in [0.5, 0.6) is 5.75 Å². The fourth-order valence-corrected chi connectivity index (χ4v) is 1.92. The second kappa shape index (κ2) is 4.81. The van der Waals surface area contributed by atoms with Gasteiger partial charge in [-0.1, -0.05) is 11.6 Å². The molecule has 2 heterocycles. The van der Waals surface area contributed by atoms with Crippen molar-refractivity contribution in [1.82, 2.24) is 19.3 Å². The summed E-state index contributed by atoms with van der Waals surface area (Å²) in [4.78, 5) is 15.9. The van der Waals surface area contributed by atoms with E-state index >= 15 is 0 Å². The number of hydrogen-bond acceptors (Lipinski definition) is 4. The van der Waals surface area contributed by atoms with Crippen molar-refractivity contribution in [3.63, 3.8) is 0 Å². The molecule has 0 aliphatic heterocycles. The number of halogens is 1. The summed E-state index contributed by atoms with van der Waals surface area (Å²) in [6.45, 7) is 2.27. The average molecular weight is 269 g/mol. The standard InChI is InChI=1S/C11H13ClN4O2/c1-7-4-8(15(2)14-7)5-16-6-13-10(12)9(18-3)11(16)17/h4,6H,5H2,1-3H3. The van der Waals surface area contributed by atoms with Crippen LogP contribution in [-0.2, 0) is 13.6 Å². The second-order valence-electron chi connectivity index (χ2n) is 3.90. The van der Waals surface area contributed by atoms with Crippen LogP contribution < -0.4 is 10.3 Å². The largest absolute Gasteiger partial charge is 0.489 e. The van der Waals surface area contributed by atoms with Gasteiger partial charge in [0.2, 0.25) is 5.75 Å². The minimum absolute atomic E-state index is 0.0538. The van der Waals surface area contributed by atoms with E-state index in [9.17, 15) is 4.79 Å². The van der Waals surface area contributed by atoms with Gasteiger partial charge < -0.3 is 4.74 Å². The van der Waals surface area contributed by atoms with Crippen LogP contribution in [0.2, 0.25) is 5.15 Å². The zero-order valence-corrected chi connectivity index (χ0v) is 11.1. The molecule has 0 amide bonds. The zero-order chi connectivity index (χ0) is 13.3. The highest BCUT2D eigenvalue weighted by atomic mass is 35.5. The van der Waals surface area contributed by atoms with Crippen molar-refractivity contribution in [1.29, 1.82) is 0 Å². The predicted octanol–water partition coefficient (Wildman–Crippen LogP) is 0.996. The molecule has 0 aromatic carbocycles. The van der Waals surface area contributed by atoms with Gasteiger partial charge in [-0.15, -0.1) is 0 Å². The van der Waals surface area contributed by atoms with Gasteiger partial charge in [0.05, 0.1) is 31.4 Å². The summed E-state index contributed by atoms with van der Waals surface area (Å²) in [6, 6.07) is 1.91. The van der Waals surface area contributed by atoms with E-state index in [2.05, 4.69) is 10.1 Å². The Kier molecular flexibility index (Phi) is 3.38. The first-order valence-corrected chi connectivity index (χ1v) is 5.69. The highest BCUT2D eigenvalue weighted by Gasteiger charge is 2.12. The number of rotatable bonds is 3. The third-order valence-electron chi connectivity index (χ3n) is 2.59. The molecule has 18 heavy (non-hydrogen) atoms. The van der Waals surface area contributed by atoms with Crippen LogP contribution in [0.25, 0.3) is 0 Å². The first kappa shape index (κ1) is 12.6. The monoisotopic (exact) mass is 268 g/mol. The molecular weight excluding hydrogens is 256 g/mol. The quantitative estimate of drug-likeness (QED) is 0.779. The molecule has 0 saturated heterocycles. The molecule has 2 aromatic heterocycles. The normalized spacial score (nSPS) is 10.7. The van der Waals surface area contributed by atoms with Crippen molar-refractivity contribution in [3.8, 4) is 5.75 Å². The van der Waals surface area contributed by atoms with Gasteiger partial charge in [-0.3, -0.25) is 14.0 Å². The molecule has 96 valence electrons. The van der Waals surface area contributed by atoms with Crippen molar-refractivity contribution in [3.05, 3.63) is 39.3 Å². The lowest BCUT2D eigenvalue weighted by Gasteiger charge is -2.08. The smallest absolute Gasteiger partial charge is 0.297 e. The number of methoxy groups -OCH3 is 1. The van der Waals surface area contributed by atoms with Crippen LogP contribution >= 0.6 is 11.6 Å². The Morgan fingerprint density at radius 1 is 1.50 bits per heavy atom. The van der Waals surface area contributed by atoms with Gasteiger partial charge >= 0.3 is 0 Å². The summed E-state index contributed by atoms with van der Waals surface area (Å²) >= 11 is 5.77.